The van der Waals surface area contributed by atoms with E-state index in [1.165, 1.54) is 6.42 Å². The smallest absolute Gasteiger partial charge is 0.0364 e. The number of aryl methyl sites for hydroxylation is 1. The Balaban J connectivity index is 2.08. The van der Waals surface area contributed by atoms with Gasteiger partial charge in [0.05, 0.1) is 0 Å². The second-order valence-corrected chi connectivity index (χ2v) is 4.04. The van der Waals surface area contributed by atoms with E-state index >= 15 is 0 Å². The van der Waals surface area contributed by atoms with Crippen molar-refractivity contribution in [1.29, 1.82) is 0 Å². The predicted octanol–water partition coefficient (Wildman–Crippen LogP) is 2.40. The normalized spacial score (nSPS) is 25.7. The summed E-state index contributed by atoms with van der Waals surface area (Å²) >= 11 is 0. The van der Waals surface area contributed by atoms with Gasteiger partial charge in [-0.1, -0.05) is 13.0 Å². The third-order valence-electron chi connectivity index (χ3n) is 2.74. The van der Waals surface area contributed by atoms with Gasteiger partial charge in [-0.05, 0) is 37.0 Å². The van der Waals surface area contributed by atoms with Crippen molar-refractivity contribution >= 4 is 11.4 Å². The van der Waals surface area contributed by atoms with E-state index in [2.05, 4.69) is 24.4 Å². The molecule has 0 bridgehead atoms. The van der Waals surface area contributed by atoms with Gasteiger partial charge in [0, 0.05) is 17.4 Å². The summed E-state index contributed by atoms with van der Waals surface area (Å²) < 4.78 is 0. The van der Waals surface area contributed by atoms with Gasteiger partial charge in [-0.15, -0.1) is 0 Å². The van der Waals surface area contributed by atoms with E-state index in [-0.39, 0.29) is 0 Å². The first-order valence-corrected chi connectivity index (χ1v) is 4.79. The standard InChI is InChI=1S/C11H16N2/c1-7-3-4-9(6-10(7)12)13-11-5-8(11)2/h3-4,6,8,11,13H,5,12H2,1-2H3. The van der Waals surface area contributed by atoms with E-state index in [9.17, 15) is 0 Å². The summed E-state index contributed by atoms with van der Waals surface area (Å²) in [5, 5.41) is 3.45. The molecule has 13 heavy (non-hydrogen) atoms. The predicted molar refractivity (Wildman–Crippen MR) is 56.8 cm³/mol. The van der Waals surface area contributed by atoms with Gasteiger partial charge in [-0.25, -0.2) is 0 Å². The van der Waals surface area contributed by atoms with Crippen molar-refractivity contribution in [3.05, 3.63) is 23.8 Å². The maximum atomic E-state index is 5.81. The van der Waals surface area contributed by atoms with Gasteiger partial charge in [0.2, 0.25) is 0 Å². The minimum absolute atomic E-state index is 0.669. The molecular weight excluding hydrogens is 160 g/mol. The molecule has 0 aliphatic heterocycles. The molecule has 0 aromatic heterocycles. The molecule has 0 spiro atoms. The molecular formula is C11H16N2. The van der Waals surface area contributed by atoms with Crippen LogP contribution in [0.3, 0.4) is 0 Å². The molecule has 2 nitrogen and oxygen atoms in total. The van der Waals surface area contributed by atoms with Crippen LogP contribution < -0.4 is 11.1 Å². The zero-order chi connectivity index (χ0) is 9.42. The lowest BCUT2D eigenvalue weighted by Gasteiger charge is -2.07. The van der Waals surface area contributed by atoms with Crippen LogP contribution in [0, 0.1) is 12.8 Å². The third-order valence-corrected chi connectivity index (χ3v) is 2.74. The van der Waals surface area contributed by atoms with Crippen LogP contribution >= 0.6 is 0 Å². The molecule has 0 saturated heterocycles. The zero-order valence-electron chi connectivity index (χ0n) is 8.17. The van der Waals surface area contributed by atoms with Crippen molar-refractivity contribution in [2.24, 2.45) is 5.92 Å². The molecule has 0 heterocycles. The highest BCUT2D eigenvalue weighted by Crippen LogP contribution is 2.33. The Morgan fingerprint density at radius 2 is 2.15 bits per heavy atom. The average Bonchev–Trinajstić information content (AvgIpc) is 2.75. The molecule has 70 valence electrons. The number of rotatable bonds is 2. The summed E-state index contributed by atoms with van der Waals surface area (Å²) in [4.78, 5) is 0. The number of nitrogens with two attached hydrogens (primary N) is 1. The lowest BCUT2D eigenvalue weighted by atomic mass is 10.2. The molecule has 2 atom stereocenters. The van der Waals surface area contributed by atoms with Gasteiger partial charge < -0.3 is 11.1 Å². The van der Waals surface area contributed by atoms with Crippen molar-refractivity contribution in [3.8, 4) is 0 Å². The van der Waals surface area contributed by atoms with Crippen LogP contribution in [0.4, 0.5) is 11.4 Å². The highest BCUT2D eigenvalue weighted by molar-refractivity contribution is 5.59. The molecule has 1 aliphatic carbocycles. The van der Waals surface area contributed by atoms with Crippen LogP contribution in [0.2, 0.25) is 0 Å². The fourth-order valence-electron chi connectivity index (χ4n) is 1.47. The van der Waals surface area contributed by atoms with E-state index in [1.54, 1.807) is 0 Å². The lowest BCUT2D eigenvalue weighted by molar-refractivity contribution is 0.929. The zero-order valence-corrected chi connectivity index (χ0v) is 8.17. The topological polar surface area (TPSA) is 38.0 Å². The van der Waals surface area contributed by atoms with Crippen molar-refractivity contribution < 1.29 is 0 Å². The average molecular weight is 176 g/mol. The molecule has 2 unspecified atom stereocenters. The van der Waals surface area contributed by atoms with Crippen LogP contribution in [-0.2, 0) is 0 Å². The van der Waals surface area contributed by atoms with E-state index in [0.29, 0.717) is 6.04 Å². The van der Waals surface area contributed by atoms with Gasteiger partial charge in [0.1, 0.15) is 0 Å². The van der Waals surface area contributed by atoms with Crippen LogP contribution in [0.5, 0.6) is 0 Å². The SMILES string of the molecule is Cc1ccc(NC2CC2C)cc1N. The summed E-state index contributed by atoms with van der Waals surface area (Å²) in [6, 6.07) is 6.84. The van der Waals surface area contributed by atoms with E-state index < -0.39 is 0 Å². The molecule has 1 saturated carbocycles. The fourth-order valence-corrected chi connectivity index (χ4v) is 1.47. The van der Waals surface area contributed by atoms with Crippen LogP contribution in [0.1, 0.15) is 18.9 Å². The highest BCUT2D eigenvalue weighted by Gasteiger charge is 2.32. The Morgan fingerprint density at radius 1 is 1.46 bits per heavy atom. The van der Waals surface area contributed by atoms with E-state index in [4.69, 9.17) is 5.73 Å². The Morgan fingerprint density at radius 3 is 2.69 bits per heavy atom. The van der Waals surface area contributed by atoms with Gasteiger partial charge in [0.25, 0.3) is 0 Å². The quantitative estimate of drug-likeness (QED) is 0.679. The molecule has 1 aliphatic rings. The molecule has 2 rings (SSSR count). The Hall–Kier alpha value is -1.18. The molecule has 2 heteroatoms. The van der Waals surface area contributed by atoms with E-state index in [0.717, 1.165) is 22.9 Å². The van der Waals surface area contributed by atoms with Crippen molar-refractivity contribution in [3.63, 3.8) is 0 Å². The summed E-state index contributed by atoms with van der Waals surface area (Å²) in [5.41, 5.74) is 8.98. The van der Waals surface area contributed by atoms with Crippen LogP contribution in [-0.4, -0.2) is 6.04 Å². The summed E-state index contributed by atoms with van der Waals surface area (Å²) in [6.07, 6.45) is 1.29. The molecule has 1 aromatic carbocycles. The first kappa shape index (κ1) is 8.42. The Bertz CT molecular complexity index is 320. The van der Waals surface area contributed by atoms with Gasteiger partial charge in [0.15, 0.2) is 0 Å². The third kappa shape index (κ3) is 1.77. The maximum Gasteiger partial charge on any atom is 0.0364 e. The number of nitrogen functional groups attached to an aromatic ring is 1. The maximum absolute atomic E-state index is 5.81. The monoisotopic (exact) mass is 176 g/mol. The molecule has 0 radical (unpaired) electrons. The van der Waals surface area contributed by atoms with Crippen molar-refractivity contribution in [2.75, 3.05) is 11.1 Å². The Labute approximate surface area is 79.1 Å². The number of nitrogens with one attached hydrogen (secondary N) is 1. The van der Waals surface area contributed by atoms with Gasteiger partial charge in [-0.2, -0.15) is 0 Å². The fraction of sp³-hybridized carbons (Fsp3) is 0.455. The summed E-state index contributed by atoms with van der Waals surface area (Å²) in [6.45, 7) is 4.29. The van der Waals surface area contributed by atoms with Crippen molar-refractivity contribution in [1.82, 2.24) is 0 Å². The van der Waals surface area contributed by atoms with Crippen LogP contribution in [0.15, 0.2) is 18.2 Å². The number of benzene rings is 1. The van der Waals surface area contributed by atoms with Gasteiger partial charge >= 0.3 is 0 Å². The lowest BCUT2D eigenvalue weighted by Crippen LogP contribution is -2.04. The molecule has 0 amide bonds. The van der Waals surface area contributed by atoms with Gasteiger partial charge in [-0.3, -0.25) is 0 Å². The second-order valence-electron chi connectivity index (χ2n) is 4.04. The van der Waals surface area contributed by atoms with Crippen LogP contribution in [0.25, 0.3) is 0 Å². The molecule has 3 N–H and O–H groups in total. The largest absolute Gasteiger partial charge is 0.398 e. The van der Waals surface area contributed by atoms with Crippen molar-refractivity contribution in [2.45, 2.75) is 26.3 Å². The second kappa shape index (κ2) is 2.95. The highest BCUT2D eigenvalue weighted by atomic mass is 15.0. The number of anilines is 2. The summed E-state index contributed by atoms with van der Waals surface area (Å²) in [7, 11) is 0. The first-order chi connectivity index (χ1) is 6.16. The minimum Gasteiger partial charge on any atom is -0.398 e. The summed E-state index contributed by atoms with van der Waals surface area (Å²) in [5.74, 6) is 0.822. The molecule has 1 aromatic rings. The Kier molecular flexibility index (Phi) is 1.91. The minimum atomic E-state index is 0.669. The number of hydrogen-bond donors (Lipinski definition) is 2. The van der Waals surface area contributed by atoms with E-state index in [1.807, 2.05) is 13.0 Å². The molecule has 1 fully saturated rings. The first-order valence-electron chi connectivity index (χ1n) is 4.79. The number of hydrogen-bond acceptors (Lipinski definition) is 2.